The van der Waals surface area contributed by atoms with Crippen LogP contribution in [0.5, 0.6) is 0 Å². The highest BCUT2D eigenvalue weighted by Crippen LogP contribution is 2.14. The number of rotatable bonds is 7. The van der Waals surface area contributed by atoms with Crippen LogP contribution < -0.4 is 0 Å². The zero-order valence-electron chi connectivity index (χ0n) is 17.2. The number of alkyl halides is 1. The highest BCUT2D eigenvalue weighted by Gasteiger charge is 2.21. The van der Waals surface area contributed by atoms with Crippen LogP contribution in [0.1, 0.15) is 38.8 Å². The maximum Gasteiger partial charge on any atom is 0.345 e. The SMILES string of the molecule is CC(C)N(/C(CCl)=N/C(=O)N(Cc1ccccc1)Cc1ccccc1)C(C)C. The van der Waals surface area contributed by atoms with Crippen LogP contribution >= 0.6 is 11.6 Å². The maximum absolute atomic E-state index is 13.1. The Kier molecular flexibility index (Phi) is 8.52. The summed E-state index contributed by atoms with van der Waals surface area (Å²) in [5.74, 6) is 0.815. The van der Waals surface area contributed by atoms with Crippen LogP contribution in [0.3, 0.4) is 0 Å². The fourth-order valence-corrected chi connectivity index (χ4v) is 3.53. The molecule has 0 bridgehead atoms. The summed E-state index contributed by atoms with van der Waals surface area (Å²) in [5, 5.41) is 0. The Morgan fingerprint density at radius 2 is 1.29 bits per heavy atom. The van der Waals surface area contributed by atoms with E-state index >= 15 is 0 Å². The number of halogens is 1. The molecule has 0 unspecified atom stereocenters. The van der Waals surface area contributed by atoms with Crippen molar-refractivity contribution < 1.29 is 4.79 Å². The fraction of sp³-hybridized carbons (Fsp3) is 0.391. The van der Waals surface area contributed by atoms with Crippen LogP contribution in [-0.4, -0.2) is 39.6 Å². The van der Waals surface area contributed by atoms with E-state index in [9.17, 15) is 4.79 Å². The predicted molar refractivity (Wildman–Crippen MR) is 118 cm³/mol. The van der Waals surface area contributed by atoms with E-state index in [0.717, 1.165) is 11.1 Å². The molecule has 2 amide bonds. The van der Waals surface area contributed by atoms with Crippen molar-refractivity contribution in [1.29, 1.82) is 0 Å². The van der Waals surface area contributed by atoms with E-state index in [1.54, 1.807) is 4.90 Å². The van der Waals surface area contributed by atoms with Crippen molar-refractivity contribution >= 4 is 23.5 Å². The maximum atomic E-state index is 13.1. The summed E-state index contributed by atoms with van der Waals surface area (Å²) in [6.45, 7) is 9.32. The average molecular weight is 400 g/mol. The first-order valence-electron chi connectivity index (χ1n) is 9.71. The summed E-state index contributed by atoms with van der Waals surface area (Å²) in [6.07, 6.45) is 0. The summed E-state index contributed by atoms with van der Waals surface area (Å²) < 4.78 is 0. The number of carbonyl (C=O) groups is 1. The summed E-state index contributed by atoms with van der Waals surface area (Å²) in [4.78, 5) is 21.4. The zero-order valence-corrected chi connectivity index (χ0v) is 17.9. The van der Waals surface area contributed by atoms with E-state index in [1.807, 2.05) is 60.7 Å². The molecule has 2 rings (SSSR count). The molecule has 0 N–H and O–H groups in total. The minimum Gasteiger partial charge on any atom is -0.354 e. The lowest BCUT2D eigenvalue weighted by Gasteiger charge is -2.33. The molecule has 0 saturated heterocycles. The topological polar surface area (TPSA) is 35.9 Å². The third-order valence-corrected chi connectivity index (χ3v) is 4.70. The van der Waals surface area contributed by atoms with Crippen molar-refractivity contribution in [3.63, 3.8) is 0 Å². The number of carbonyl (C=O) groups excluding carboxylic acids is 1. The first kappa shape index (κ1) is 22.0. The Labute approximate surface area is 173 Å². The number of nitrogens with zero attached hydrogens (tertiary/aromatic N) is 3. The van der Waals surface area contributed by atoms with Crippen LogP contribution in [0.25, 0.3) is 0 Å². The standard InChI is InChI=1S/C23H30ClN3O/c1-18(2)27(19(3)4)22(15-24)25-23(28)26(16-20-11-7-5-8-12-20)17-21-13-9-6-10-14-21/h5-14,18-19H,15-17H2,1-4H3/b25-22+. The quantitative estimate of drug-likeness (QED) is 0.347. The summed E-state index contributed by atoms with van der Waals surface area (Å²) in [6, 6.07) is 20.1. The molecule has 0 aliphatic heterocycles. The van der Waals surface area contributed by atoms with Crippen molar-refractivity contribution in [3.05, 3.63) is 71.8 Å². The second-order valence-electron chi connectivity index (χ2n) is 7.37. The van der Waals surface area contributed by atoms with Gasteiger partial charge in [-0.2, -0.15) is 4.99 Å². The Morgan fingerprint density at radius 1 is 0.857 bits per heavy atom. The van der Waals surface area contributed by atoms with Crippen LogP contribution in [0.2, 0.25) is 0 Å². The summed E-state index contributed by atoms with van der Waals surface area (Å²) in [5.41, 5.74) is 2.14. The molecule has 0 fully saturated rings. The zero-order chi connectivity index (χ0) is 20.5. The number of amidine groups is 1. The number of hydrogen-bond donors (Lipinski definition) is 0. The Morgan fingerprint density at radius 3 is 1.64 bits per heavy atom. The van der Waals surface area contributed by atoms with Gasteiger partial charge in [0.1, 0.15) is 5.84 Å². The van der Waals surface area contributed by atoms with Crippen LogP contribution in [0, 0.1) is 0 Å². The molecule has 4 nitrogen and oxygen atoms in total. The molecule has 0 spiro atoms. The van der Waals surface area contributed by atoms with Gasteiger partial charge in [-0.3, -0.25) is 0 Å². The van der Waals surface area contributed by atoms with Gasteiger partial charge in [0.05, 0.1) is 5.88 Å². The molecule has 0 aliphatic rings. The number of amides is 2. The lowest BCUT2D eigenvalue weighted by atomic mass is 10.2. The third-order valence-electron chi connectivity index (χ3n) is 4.46. The highest BCUT2D eigenvalue weighted by atomic mass is 35.5. The van der Waals surface area contributed by atoms with Gasteiger partial charge in [-0.15, -0.1) is 11.6 Å². The molecule has 2 aromatic carbocycles. The van der Waals surface area contributed by atoms with Gasteiger partial charge in [0.25, 0.3) is 0 Å². The monoisotopic (exact) mass is 399 g/mol. The Hall–Kier alpha value is -2.33. The minimum atomic E-state index is -0.269. The van der Waals surface area contributed by atoms with E-state index < -0.39 is 0 Å². The van der Waals surface area contributed by atoms with Gasteiger partial charge in [0.15, 0.2) is 0 Å². The number of aliphatic imine (C=N–C) groups is 1. The van der Waals surface area contributed by atoms with E-state index in [0.29, 0.717) is 18.9 Å². The molecule has 0 heterocycles. The summed E-state index contributed by atoms with van der Waals surface area (Å²) >= 11 is 6.18. The minimum absolute atomic E-state index is 0.201. The molecule has 0 saturated carbocycles. The molecular weight excluding hydrogens is 370 g/mol. The number of benzene rings is 2. The van der Waals surface area contributed by atoms with Gasteiger partial charge in [0, 0.05) is 25.2 Å². The molecule has 0 radical (unpaired) electrons. The van der Waals surface area contributed by atoms with Gasteiger partial charge in [0.2, 0.25) is 0 Å². The van der Waals surface area contributed by atoms with Gasteiger partial charge in [-0.1, -0.05) is 60.7 Å². The van der Waals surface area contributed by atoms with Crippen molar-refractivity contribution in [2.24, 2.45) is 4.99 Å². The molecule has 0 atom stereocenters. The molecule has 28 heavy (non-hydrogen) atoms. The second-order valence-corrected chi connectivity index (χ2v) is 7.63. The van der Waals surface area contributed by atoms with E-state index in [1.165, 1.54) is 0 Å². The predicted octanol–water partition coefficient (Wildman–Crippen LogP) is 5.56. The largest absolute Gasteiger partial charge is 0.354 e. The van der Waals surface area contributed by atoms with Gasteiger partial charge >= 0.3 is 6.03 Å². The van der Waals surface area contributed by atoms with Crippen molar-refractivity contribution in [2.75, 3.05) is 5.88 Å². The van der Waals surface area contributed by atoms with Crippen molar-refractivity contribution in [1.82, 2.24) is 9.80 Å². The number of urea groups is 1. The van der Waals surface area contributed by atoms with Crippen LogP contribution in [0.4, 0.5) is 4.79 Å². The molecule has 0 aliphatic carbocycles. The van der Waals surface area contributed by atoms with E-state index in [2.05, 4.69) is 37.6 Å². The van der Waals surface area contributed by atoms with E-state index in [-0.39, 0.29) is 24.0 Å². The lowest BCUT2D eigenvalue weighted by Crippen LogP contribution is -2.44. The third kappa shape index (κ3) is 6.38. The Balaban J connectivity index is 2.30. The van der Waals surface area contributed by atoms with E-state index in [4.69, 9.17) is 11.6 Å². The van der Waals surface area contributed by atoms with Crippen molar-refractivity contribution in [2.45, 2.75) is 52.9 Å². The molecule has 5 heteroatoms. The first-order valence-corrected chi connectivity index (χ1v) is 10.2. The molecule has 2 aromatic rings. The molecule has 0 aromatic heterocycles. The highest BCUT2D eigenvalue weighted by molar-refractivity contribution is 6.29. The van der Waals surface area contributed by atoms with Crippen molar-refractivity contribution in [3.8, 4) is 0 Å². The fourth-order valence-electron chi connectivity index (χ4n) is 3.33. The Bertz CT molecular complexity index is 710. The summed E-state index contributed by atoms with van der Waals surface area (Å²) in [7, 11) is 0. The smallest absolute Gasteiger partial charge is 0.345 e. The lowest BCUT2D eigenvalue weighted by molar-refractivity contribution is 0.201. The van der Waals surface area contributed by atoms with Gasteiger partial charge in [-0.05, 0) is 38.8 Å². The second kappa shape index (κ2) is 10.9. The first-order chi connectivity index (χ1) is 13.4. The normalized spacial score (nSPS) is 11.8. The molecular formula is C23H30ClN3O. The van der Waals surface area contributed by atoms with Crippen LogP contribution in [0.15, 0.2) is 65.7 Å². The average Bonchev–Trinajstić information content (AvgIpc) is 2.67. The number of hydrogen-bond acceptors (Lipinski definition) is 1. The van der Waals surface area contributed by atoms with Crippen LogP contribution in [-0.2, 0) is 13.1 Å². The molecule has 150 valence electrons. The van der Waals surface area contributed by atoms with Gasteiger partial charge in [-0.25, -0.2) is 4.79 Å². The van der Waals surface area contributed by atoms with Gasteiger partial charge < -0.3 is 9.80 Å².